The zero-order valence-corrected chi connectivity index (χ0v) is 7.47. The van der Waals surface area contributed by atoms with Crippen molar-refractivity contribution in [1.82, 2.24) is 5.48 Å². The molecule has 0 fully saturated rings. The van der Waals surface area contributed by atoms with Crippen LogP contribution in [0, 0.1) is 0 Å². The molecule has 0 unspecified atom stereocenters. The highest BCUT2D eigenvalue weighted by Gasteiger charge is 2.02. The zero-order valence-electron chi connectivity index (χ0n) is 7.47. The Morgan fingerprint density at radius 3 is 2.45 bits per heavy atom. The van der Waals surface area contributed by atoms with Crippen LogP contribution < -0.4 is 5.48 Å². The first kappa shape index (κ1) is 10.2. The summed E-state index contributed by atoms with van der Waals surface area (Å²) in [5.41, 5.74) is 2.98. The van der Waals surface area contributed by atoms with Gasteiger partial charge in [0.1, 0.15) is 0 Å². The molecule has 0 aromatic heterocycles. The number of carbonyl (C=O) groups excluding carboxylic acids is 1. The first-order valence-electron chi connectivity index (χ1n) is 3.66. The lowest BCUT2D eigenvalue weighted by molar-refractivity contribution is -0.132. The Hall–Kier alpha value is -0.830. The third-order valence-corrected chi connectivity index (χ3v) is 1.18. The lowest BCUT2D eigenvalue weighted by Crippen LogP contribution is -2.27. The Balaban J connectivity index is 3.71. The van der Waals surface area contributed by atoms with Crippen molar-refractivity contribution in [3.8, 4) is 0 Å². The summed E-state index contributed by atoms with van der Waals surface area (Å²) in [5, 5.41) is 0. The van der Waals surface area contributed by atoms with Gasteiger partial charge in [0, 0.05) is 5.57 Å². The lowest BCUT2D eigenvalue weighted by atomic mass is 10.3. The zero-order chi connectivity index (χ0) is 8.85. The number of rotatable bonds is 3. The third-order valence-electron chi connectivity index (χ3n) is 1.18. The number of hydrogen-bond donors (Lipinski definition) is 1. The van der Waals surface area contributed by atoms with E-state index in [1.165, 1.54) is 0 Å². The van der Waals surface area contributed by atoms with Gasteiger partial charge in [-0.1, -0.05) is 6.08 Å². The molecule has 0 spiro atoms. The van der Waals surface area contributed by atoms with Crippen molar-refractivity contribution >= 4 is 5.91 Å². The van der Waals surface area contributed by atoms with Crippen LogP contribution in [0.4, 0.5) is 0 Å². The minimum Gasteiger partial charge on any atom is -0.271 e. The monoisotopic (exact) mass is 157 g/mol. The predicted molar refractivity (Wildman–Crippen MR) is 43.8 cm³/mol. The first-order chi connectivity index (χ1) is 5.07. The van der Waals surface area contributed by atoms with Gasteiger partial charge in [-0.3, -0.25) is 9.63 Å². The van der Waals surface area contributed by atoms with E-state index in [-0.39, 0.29) is 12.0 Å². The highest BCUT2D eigenvalue weighted by atomic mass is 16.7. The molecule has 11 heavy (non-hydrogen) atoms. The SMILES string of the molecule is CC=C(C)C(=O)NOC(C)C. The second-order valence-corrected chi connectivity index (χ2v) is 2.57. The molecule has 0 heterocycles. The van der Waals surface area contributed by atoms with E-state index in [2.05, 4.69) is 5.48 Å². The molecule has 0 aromatic rings. The van der Waals surface area contributed by atoms with E-state index in [9.17, 15) is 4.79 Å². The molecule has 0 atom stereocenters. The molecular formula is C8H15NO2. The minimum atomic E-state index is -0.179. The molecule has 0 rings (SSSR count). The smallest absolute Gasteiger partial charge is 0.270 e. The molecule has 0 aliphatic carbocycles. The summed E-state index contributed by atoms with van der Waals surface area (Å²) in [6, 6.07) is 0. The van der Waals surface area contributed by atoms with E-state index < -0.39 is 0 Å². The normalized spacial score (nSPS) is 11.9. The van der Waals surface area contributed by atoms with Crippen LogP contribution >= 0.6 is 0 Å². The first-order valence-corrected chi connectivity index (χ1v) is 3.66. The van der Waals surface area contributed by atoms with E-state index in [0.717, 1.165) is 0 Å². The fraction of sp³-hybridized carbons (Fsp3) is 0.625. The van der Waals surface area contributed by atoms with Crippen molar-refractivity contribution in [2.75, 3.05) is 0 Å². The van der Waals surface area contributed by atoms with Crippen molar-refractivity contribution in [2.45, 2.75) is 33.8 Å². The van der Waals surface area contributed by atoms with Crippen LogP contribution in [0.25, 0.3) is 0 Å². The van der Waals surface area contributed by atoms with Crippen LogP contribution in [0.15, 0.2) is 11.6 Å². The van der Waals surface area contributed by atoms with Crippen LogP contribution in [0.1, 0.15) is 27.7 Å². The molecule has 0 saturated heterocycles. The summed E-state index contributed by atoms with van der Waals surface area (Å²) in [6.07, 6.45) is 1.75. The molecule has 0 aromatic carbocycles. The summed E-state index contributed by atoms with van der Waals surface area (Å²) < 4.78 is 0. The molecule has 0 bridgehead atoms. The Morgan fingerprint density at radius 1 is 1.55 bits per heavy atom. The van der Waals surface area contributed by atoms with Gasteiger partial charge < -0.3 is 0 Å². The van der Waals surface area contributed by atoms with Crippen molar-refractivity contribution in [1.29, 1.82) is 0 Å². The number of hydroxylamine groups is 1. The third kappa shape index (κ3) is 4.56. The van der Waals surface area contributed by atoms with E-state index in [4.69, 9.17) is 4.84 Å². The summed E-state index contributed by atoms with van der Waals surface area (Å²) in [7, 11) is 0. The van der Waals surface area contributed by atoms with Crippen molar-refractivity contribution < 1.29 is 9.63 Å². The van der Waals surface area contributed by atoms with Gasteiger partial charge in [0.25, 0.3) is 5.91 Å². The van der Waals surface area contributed by atoms with Gasteiger partial charge in [0.15, 0.2) is 0 Å². The standard InChI is InChI=1S/C8H15NO2/c1-5-7(4)8(10)9-11-6(2)3/h5-6H,1-4H3,(H,9,10). The Morgan fingerprint density at radius 2 is 2.09 bits per heavy atom. The highest BCUT2D eigenvalue weighted by molar-refractivity contribution is 5.91. The van der Waals surface area contributed by atoms with Crippen LogP contribution in [-0.4, -0.2) is 12.0 Å². The van der Waals surface area contributed by atoms with E-state index >= 15 is 0 Å². The summed E-state index contributed by atoms with van der Waals surface area (Å²) in [6.45, 7) is 7.25. The molecule has 3 heteroatoms. The Labute approximate surface area is 67.4 Å². The molecule has 0 radical (unpaired) electrons. The maximum absolute atomic E-state index is 11.0. The predicted octanol–water partition coefficient (Wildman–Crippen LogP) is 1.41. The van der Waals surface area contributed by atoms with E-state index in [0.29, 0.717) is 5.57 Å². The number of nitrogens with one attached hydrogen (secondary N) is 1. The van der Waals surface area contributed by atoms with Crippen molar-refractivity contribution in [3.63, 3.8) is 0 Å². The molecule has 0 saturated carbocycles. The second kappa shape index (κ2) is 4.91. The van der Waals surface area contributed by atoms with Crippen molar-refractivity contribution in [2.24, 2.45) is 0 Å². The Bertz CT molecular complexity index is 161. The number of carbonyl (C=O) groups is 1. The summed E-state index contributed by atoms with van der Waals surface area (Å²) in [5.74, 6) is -0.179. The van der Waals surface area contributed by atoms with Gasteiger partial charge in [0.05, 0.1) is 6.10 Å². The average molecular weight is 157 g/mol. The number of amides is 1. The van der Waals surface area contributed by atoms with E-state index in [1.807, 2.05) is 20.8 Å². The summed E-state index contributed by atoms with van der Waals surface area (Å²) >= 11 is 0. The van der Waals surface area contributed by atoms with Crippen LogP contribution in [-0.2, 0) is 9.63 Å². The Kier molecular flexibility index (Phi) is 4.54. The van der Waals surface area contributed by atoms with Gasteiger partial charge in [-0.05, 0) is 27.7 Å². The number of allylic oxidation sites excluding steroid dienone is 1. The van der Waals surface area contributed by atoms with Gasteiger partial charge >= 0.3 is 0 Å². The largest absolute Gasteiger partial charge is 0.271 e. The van der Waals surface area contributed by atoms with Gasteiger partial charge in [0.2, 0.25) is 0 Å². The lowest BCUT2D eigenvalue weighted by Gasteiger charge is -2.07. The summed E-state index contributed by atoms with van der Waals surface area (Å²) in [4.78, 5) is 15.9. The molecule has 64 valence electrons. The topological polar surface area (TPSA) is 38.3 Å². The molecule has 0 aliphatic heterocycles. The average Bonchev–Trinajstić information content (AvgIpc) is 1.98. The fourth-order valence-corrected chi connectivity index (χ4v) is 0.383. The molecule has 3 nitrogen and oxygen atoms in total. The highest BCUT2D eigenvalue weighted by Crippen LogP contribution is 1.91. The molecule has 1 N–H and O–H groups in total. The molecule has 1 amide bonds. The number of hydrogen-bond acceptors (Lipinski definition) is 2. The van der Waals surface area contributed by atoms with Crippen LogP contribution in [0.5, 0.6) is 0 Å². The van der Waals surface area contributed by atoms with Crippen molar-refractivity contribution in [3.05, 3.63) is 11.6 Å². The molecule has 0 aliphatic rings. The van der Waals surface area contributed by atoms with Gasteiger partial charge in [-0.25, -0.2) is 5.48 Å². The van der Waals surface area contributed by atoms with Crippen LogP contribution in [0.2, 0.25) is 0 Å². The fourth-order valence-electron chi connectivity index (χ4n) is 0.383. The van der Waals surface area contributed by atoms with Crippen LogP contribution in [0.3, 0.4) is 0 Å². The maximum atomic E-state index is 11.0. The van der Waals surface area contributed by atoms with E-state index in [1.54, 1.807) is 13.0 Å². The second-order valence-electron chi connectivity index (χ2n) is 2.57. The maximum Gasteiger partial charge on any atom is 0.270 e. The quantitative estimate of drug-likeness (QED) is 0.497. The molecular weight excluding hydrogens is 142 g/mol. The van der Waals surface area contributed by atoms with Gasteiger partial charge in [-0.2, -0.15) is 0 Å². The minimum absolute atomic E-state index is 0.0172. The van der Waals surface area contributed by atoms with Gasteiger partial charge in [-0.15, -0.1) is 0 Å².